The number of pyridine rings is 1. The standard InChI is InChI=1S/C23H25N7O2S2/c1-29(2)12-11-25-22(31)17-14-33-20(26-17)15-34-23-28-27-21(16-7-6-10-24-13-16)30(23)18-8-4-5-9-19(18)32-3/h4-10,13-14H,11-12,15H2,1-3H3,(H,25,31). The summed E-state index contributed by atoms with van der Waals surface area (Å²) in [7, 11) is 5.57. The van der Waals surface area contributed by atoms with Crippen molar-refractivity contribution in [3.63, 3.8) is 0 Å². The largest absolute Gasteiger partial charge is 0.495 e. The highest BCUT2D eigenvalue weighted by Crippen LogP contribution is 2.33. The van der Waals surface area contributed by atoms with Gasteiger partial charge in [0.1, 0.15) is 16.5 Å². The van der Waals surface area contributed by atoms with Crippen molar-refractivity contribution in [1.29, 1.82) is 0 Å². The normalized spacial score (nSPS) is 11.1. The molecular formula is C23H25N7O2S2. The number of nitrogens with zero attached hydrogens (tertiary/aromatic N) is 6. The molecule has 3 heterocycles. The van der Waals surface area contributed by atoms with E-state index in [1.54, 1.807) is 24.9 Å². The van der Waals surface area contributed by atoms with Crippen molar-refractivity contribution in [2.24, 2.45) is 0 Å². The van der Waals surface area contributed by atoms with Crippen LogP contribution in [0.25, 0.3) is 17.1 Å². The summed E-state index contributed by atoms with van der Waals surface area (Å²) in [6.07, 6.45) is 3.48. The maximum atomic E-state index is 12.3. The lowest BCUT2D eigenvalue weighted by atomic mass is 10.2. The van der Waals surface area contributed by atoms with Crippen LogP contribution in [0, 0.1) is 0 Å². The molecule has 0 spiro atoms. The average molecular weight is 496 g/mol. The van der Waals surface area contributed by atoms with Gasteiger partial charge in [-0.3, -0.25) is 14.3 Å². The predicted molar refractivity (Wildman–Crippen MR) is 134 cm³/mol. The topological polar surface area (TPSA) is 98.1 Å². The van der Waals surface area contributed by atoms with Crippen molar-refractivity contribution in [3.05, 3.63) is 64.9 Å². The third-order valence-electron chi connectivity index (χ3n) is 4.83. The highest BCUT2D eigenvalue weighted by molar-refractivity contribution is 7.98. The zero-order chi connectivity index (χ0) is 23.9. The second-order valence-corrected chi connectivity index (χ2v) is 9.41. The second-order valence-electron chi connectivity index (χ2n) is 7.53. The summed E-state index contributed by atoms with van der Waals surface area (Å²) >= 11 is 2.95. The van der Waals surface area contributed by atoms with Gasteiger partial charge >= 0.3 is 0 Å². The van der Waals surface area contributed by atoms with Crippen LogP contribution in [-0.4, -0.2) is 69.8 Å². The number of likely N-dealkylation sites (N-methyl/N-ethyl adjacent to an activating group) is 1. The Hall–Kier alpha value is -3.28. The number of amides is 1. The molecule has 0 unspecified atom stereocenters. The lowest BCUT2D eigenvalue weighted by Gasteiger charge is -2.13. The van der Waals surface area contributed by atoms with Gasteiger partial charge in [0.2, 0.25) is 0 Å². The third kappa shape index (κ3) is 5.61. The van der Waals surface area contributed by atoms with E-state index in [2.05, 4.69) is 25.5 Å². The molecule has 0 fully saturated rings. The van der Waals surface area contributed by atoms with Crippen LogP contribution in [0.15, 0.2) is 59.3 Å². The quantitative estimate of drug-likeness (QED) is 0.335. The number of ether oxygens (including phenoxy) is 1. The Balaban J connectivity index is 1.56. The molecule has 34 heavy (non-hydrogen) atoms. The first-order chi connectivity index (χ1) is 16.6. The molecule has 1 aromatic carbocycles. The summed E-state index contributed by atoms with van der Waals surface area (Å²) in [6.45, 7) is 1.35. The van der Waals surface area contributed by atoms with Gasteiger partial charge in [-0.2, -0.15) is 0 Å². The highest BCUT2D eigenvalue weighted by atomic mass is 32.2. The van der Waals surface area contributed by atoms with Crippen molar-refractivity contribution >= 4 is 29.0 Å². The van der Waals surface area contributed by atoms with Crippen LogP contribution in [0.3, 0.4) is 0 Å². The molecule has 0 atom stereocenters. The molecule has 11 heteroatoms. The van der Waals surface area contributed by atoms with E-state index >= 15 is 0 Å². The van der Waals surface area contributed by atoms with Gasteiger partial charge in [0.25, 0.3) is 5.91 Å². The maximum Gasteiger partial charge on any atom is 0.270 e. The monoisotopic (exact) mass is 495 g/mol. The molecule has 0 radical (unpaired) electrons. The van der Waals surface area contributed by atoms with Gasteiger partial charge in [0.05, 0.1) is 18.6 Å². The summed E-state index contributed by atoms with van der Waals surface area (Å²) in [4.78, 5) is 23.1. The Kier molecular flexibility index (Phi) is 7.88. The van der Waals surface area contributed by atoms with E-state index in [0.29, 0.717) is 34.7 Å². The van der Waals surface area contributed by atoms with E-state index in [0.717, 1.165) is 22.8 Å². The Labute approximate surface area is 206 Å². The Bertz CT molecular complexity index is 1240. The number of benzene rings is 1. The van der Waals surface area contributed by atoms with Gasteiger partial charge < -0.3 is 15.0 Å². The molecule has 1 amide bonds. The van der Waals surface area contributed by atoms with Gasteiger partial charge in [-0.25, -0.2) is 4.98 Å². The molecule has 0 aliphatic rings. The van der Waals surface area contributed by atoms with E-state index in [9.17, 15) is 4.79 Å². The molecule has 0 aliphatic carbocycles. The van der Waals surface area contributed by atoms with Crippen molar-refractivity contribution in [2.75, 3.05) is 34.3 Å². The van der Waals surface area contributed by atoms with Gasteiger partial charge in [0, 0.05) is 36.4 Å². The van der Waals surface area contributed by atoms with Crippen molar-refractivity contribution in [1.82, 2.24) is 34.9 Å². The molecule has 0 aliphatic heterocycles. The van der Waals surface area contributed by atoms with Crippen LogP contribution in [0.4, 0.5) is 0 Å². The molecule has 4 rings (SSSR count). The zero-order valence-corrected chi connectivity index (χ0v) is 20.8. The summed E-state index contributed by atoms with van der Waals surface area (Å²) in [5.41, 5.74) is 2.11. The van der Waals surface area contributed by atoms with Crippen LogP contribution in [-0.2, 0) is 5.75 Å². The number of aromatic nitrogens is 5. The van der Waals surface area contributed by atoms with Gasteiger partial charge in [0.15, 0.2) is 11.0 Å². The summed E-state index contributed by atoms with van der Waals surface area (Å²) in [5.74, 6) is 1.77. The summed E-state index contributed by atoms with van der Waals surface area (Å²) in [6, 6.07) is 11.5. The fourth-order valence-corrected chi connectivity index (χ4v) is 4.91. The van der Waals surface area contributed by atoms with E-state index < -0.39 is 0 Å². The highest BCUT2D eigenvalue weighted by Gasteiger charge is 2.20. The minimum Gasteiger partial charge on any atom is -0.495 e. The van der Waals surface area contributed by atoms with Gasteiger partial charge in [-0.05, 0) is 38.4 Å². The molecule has 3 aromatic heterocycles. The average Bonchev–Trinajstić information content (AvgIpc) is 3.50. The molecule has 9 nitrogen and oxygen atoms in total. The summed E-state index contributed by atoms with van der Waals surface area (Å²) in [5, 5.41) is 15.1. The van der Waals surface area contributed by atoms with Crippen LogP contribution in [0.5, 0.6) is 5.75 Å². The molecule has 4 aromatic rings. The molecule has 176 valence electrons. The minimum atomic E-state index is -0.162. The first kappa shape index (κ1) is 23.9. The van der Waals surface area contributed by atoms with E-state index in [1.807, 2.05) is 60.0 Å². The van der Waals surface area contributed by atoms with Gasteiger partial charge in [-0.1, -0.05) is 23.9 Å². The Morgan fingerprint density at radius 1 is 1.21 bits per heavy atom. The van der Waals surface area contributed by atoms with E-state index in [4.69, 9.17) is 4.74 Å². The smallest absolute Gasteiger partial charge is 0.270 e. The number of hydrogen-bond donors (Lipinski definition) is 1. The molecule has 0 saturated heterocycles. The number of carbonyl (C=O) groups is 1. The van der Waals surface area contributed by atoms with Crippen molar-refractivity contribution < 1.29 is 9.53 Å². The first-order valence-electron chi connectivity index (χ1n) is 10.6. The second kappa shape index (κ2) is 11.2. The molecule has 1 N–H and O–H groups in total. The fraction of sp³-hybridized carbons (Fsp3) is 0.261. The number of thiazole rings is 1. The number of para-hydroxylation sites is 2. The fourth-order valence-electron chi connectivity index (χ4n) is 3.17. The Morgan fingerprint density at radius 2 is 2.06 bits per heavy atom. The number of carbonyl (C=O) groups excluding carboxylic acids is 1. The summed E-state index contributed by atoms with van der Waals surface area (Å²) < 4.78 is 7.56. The third-order valence-corrected chi connectivity index (χ3v) is 6.80. The molecule has 0 saturated carbocycles. The van der Waals surface area contributed by atoms with Crippen molar-refractivity contribution in [3.8, 4) is 22.8 Å². The Morgan fingerprint density at radius 3 is 2.82 bits per heavy atom. The number of hydrogen-bond acceptors (Lipinski definition) is 9. The maximum absolute atomic E-state index is 12.3. The van der Waals surface area contributed by atoms with E-state index in [1.165, 1.54) is 23.1 Å². The molecular weight excluding hydrogens is 470 g/mol. The lowest BCUT2D eigenvalue weighted by molar-refractivity contribution is 0.0946. The number of rotatable bonds is 10. The van der Waals surface area contributed by atoms with Crippen molar-refractivity contribution in [2.45, 2.75) is 10.9 Å². The molecule has 0 bridgehead atoms. The first-order valence-corrected chi connectivity index (χ1v) is 12.4. The van der Waals surface area contributed by atoms with E-state index in [-0.39, 0.29) is 5.91 Å². The van der Waals surface area contributed by atoms with Crippen LogP contribution in [0.1, 0.15) is 15.5 Å². The lowest BCUT2D eigenvalue weighted by Crippen LogP contribution is -2.31. The predicted octanol–water partition coefficient (Wildman–Crippen LogP) is 3.38. The number of methoxy groups -OCH3 is 1. The number of thioether (sulfide) groups is 1. The number of nitrogens with one attached hydrogen (secondary N) is 1. The zero-order valence-electron chi connectivity index (χ0n) is 19.1. The van der Waals surface area contributed by atoms with Gasteiger partial charge in [-0.15, -0.1) is 21.5 Å². The minimum absolute atomic E-state index is 0.162. The van der Waals surface area contributed by atoms with Crippen LogP contribution in [0.2, 0.25) is 0 Å². The van der Waals surface area contributed by atoms with Crippen LogP contribution < -0.4 is 10.1 Å². The van der Waals surface area contributed by atoms with Crippen LogP contribution >= 0.6 is 23.1 Å². The SMILES string of the molecule is COc1ccccc1-n1c(SCc2nc(C(=O)NCCN(C)C)cs2)nnc1-c1cccnc1.